The van der Waals surface area contributed by atoms with E-state index in [4.69, 9.17) is 15.9 Å². The van der Waals surface area contributed by atoms with E-state index in [1.165, 1.54) is 0 Å². The van der Waals surface area contributed by atoms with Crippen LogP contribution in [0.5, 0.6) is 0 Å². The highest BCUT2D eigenvalue weighted by Gasteiger charge is 2.25. The second-order valence-corrected chi connectivity index (χ2v) is 8.60. The van der Waals surface area contributed by atoms with E-state index < -0.39 is 60.3 Å². The van der Waals surface area contributed by atoms with Crippen molar-refractivity contribution in [2.75, 3.05) is 18.1 Å². The molecule has 0 fully saturated rings. The predicted molar refractivity (Wildman–Crippen MR) is 123 cm³/mol. The van der Waals surface area contributed by atoms with Gasteiger partial charge in [0.2, 0.25) is 17.7 Å². The highest BCUT2D eigenvalue weighted by atomic mass is 32.2. The number of rotatable bonds is 19. The Kier molecular flexibility index (Phi) is 16.1. The SMILES string of the molecule is CCCCCCC(=O)N[C@H](CCC(=O)N[C@H](CSC[C@H](N)C(=O)O)C(=O)NCC(=O)O)C(=O)O. The van der Waals surface area contributed by atoms with E-state index in [-0.39, 0.29) is 30.8 Å². The molecular formula is C20H34N4O9S. The summed E-state index contributed by atoms with van der Waals surface area (Å²) in [5.41, 5.74) is 5.40. The molecule has 0 saturated carbocycles. The molecule has 0 rings (SSSR count). The topological polar surface area (TPSA) is 225 Å². The van der Waals surface area contributed by atoms with Crippen LogP contribution >= 0.6 is 11.8 Å². The summed E-state index contributed by atoms with van der Waals surface area (Å²) in [5.74, 6) is -5.91. The fourth-order valence-corrected chi connectivity index (χ4v) is 3.63. The monoisotopic (exact) mass is 506 g/mol. The second kappa shape index (κ2) is 17.6. The third-order valence-electron chi connectivity index (χ3n) is 4.52. The van der Waals surface area contributed by atoms with Gasteiger partial charge in [-0.15, -0.1) is 0 Å². The number of nitrogens with one attached hydrogen (secondary N) is 3. The number of amides is 3. The smallest absolute Gasteiger partial charge is 0.326 e. The van der Waals surface area contributed by atoms with Crippen molar-refractivity contribution in [3.05, 3.63) is 0 Å². The Hall–Kier alpha value is -2.87. The van der Waals surface area contributed by atoms with Gasteiger partial charge in [-0.1, -0.05) is 26.2 Å². The molecule has 0 aromatic rings. The number of nitrogens with two attached hydrogens (primary N) is 1. The number of carbonyl (C=O) groups excluding carboxylic acids is 3. The lowest BCUT2D eigenvalue weighted by Gasteiger charge is -2.19. The van der Waals surface area contributed by atoms with Crippen molar-refractivity contribution in [1.29, 1.82) is 0 Å². The number of thioether (sulfide) groups is 1. The molecule has 0 aliphatic heterocycles. The Bertz CT molecular complexity index is 720. The summed E-state index contributed by atoms with van der Waals surface area (Å²) in [6, 6.07) is -3.67. The van der Waals surface area contributed by atoms with Crippen LogP contribution in [0.15, 0.2) is 0 Å². The molecule has 0 bridgehead atoms. The number of carboxylic acids is 3. The van der Waals surface area contributed by atoms with Crippen molar-refractivity contribution in [2.24, 2.45) is 5.73 Å². The van der Waals surface area contributed by atoms with Gasteiger partial charge in [0.05, 0.1) is 0 Å². The molecule has 0 saturated heterocycles. The summed E-state index contributed by atoms with van der Waals surface area (Å²) >= 11 is 0.971. The minimum absolute atomic E-state index is 0.0563. The highest BCUT2D eigenvalue weighted by molar-refractivity contribution is 7.99. The normalized spacial score (nSPS) is 13.2. The number of hydrogen-bond acceptors (Lipinski definition) is 8. The minimum Gasteiger partial charge on any atom is -0.480 e. The number of aliphatic carboxylic acids is 3. The van der Waals surface area contributed by atoms with E-state index in [1.807, 2.05) is 6.92 Å². The Morgan fingerprint density at radius 1 is 0.824 bits per heavy atom. The molecule has 0 aromatic carbocycles. The predicted octanol–water partition coefficient (Wildman–Crippen LogP) is -0.863. The van der Waals surface area contributed by atoms with Crippen LogP contribution in [0.4, 0.5) is 0 Å². The molecule has 194 valence electrons. The maximum absolute atomic E-state index is 12.3. The Morgan fingerprint density at radius 3 is 2.00 bits per heavy atom. The van der Waals surface area contributed by atoms with Crippen LogP contribution in [0.3, 0.4) is 0 Å². The Labute approximate surface area is 201 Å². The van der Waals surface area contributed by atoms with Crippen LogP contribution in [0.1, 0.15) is 51.9 Å². The standard InChI is InChI=1S/C20H34N4O9S/c1-2-3-4-5-6-15(25)23-13(20(32)33)7-8-16(26)24-14(18(29)22-9-17(27)28)11-34-10-12(21)19(30)31/h12-14H,2-11,21H2,1H3,(H,22,29)(H,23,25)(H,24,26)(H,27,28)(H,30,31)(H,32,33)/t12-,13+,14+/m0/s1. The summed E-state index contributed by atoms with van der Waals surface area (Å²) in [6.45, 7) is 1.34. The van der Waals surface area contributed by atoms with Gasteiger partial charge in [-0.3, -0.25) is 24.0 Å². The van der Waals surface area contributed by atoms with Gasteiger partial charge in [-0.05, 0) is 12.8 Å². The summed E-state index contributed by atoms with van der Waals surface area (Å²) in [4.78, 5) is 69.4. The molecule has 3 atom stereocenters. The quantitative estimate of drug-likeness (QED) is 0.107. The molecular weight excluding hydrogens is 472 g/mol. The van der Waals surface area contributed by atoms with Gasteiger partial charge in [0.25, 0.3) is 0 Å². The molecule has 3 amide bonds. The Morgan fingerprint density at radius 2 is 1.44 bits per heavy atom. The number of hydrogen-bond donors (Lipinski definition) is 7. The van der Waals surface area contributed by atoms with Crippen LogP contribution in [-0.2, 0) is 28.8 Å². The third-order valence-corrected chi connectivity index (χ3v) is 5.68. The summed E-state index contributed by atoms with van der Waals surface area (Å²) in [7, 11) is 0. The van der Waals surface area contributed by atoms with Gasteiger partial charge in [0.15, 0.2) is 0 Å². The van der Waals surface area contributed by atoms with Crippen LogP contribution in [0, 0.1) is 0 Å². The van der Waals surface area contributed by atoms with Crippen molar-refractivity contribution < 1.29 is 44.1 Å². The summed E-state index contributed by atoms with van der Waals surface area (Å²) < 4.78 is 0. The first kappa shape index (κ1) is 31.1. The van der Waals surface area contributed by atoms with E-state index in [0.717, 1.165) is 31.0 Å². The summed E-state index contributed by atoms with van der Waals surface area (Å²) in [6.07, 6.45) is 3.08. The highest BCUT2D eigenvalue weighted by Crippen LogP contribution is 2.07. The largest absolute Gasteiger partial charge is 0.480 e. The van der Waals surface area contributed by atoms with Crippen molar-refractivity contribution >= 4 is 47.4 Å². The molecule has 14 heteroatoms. The van der Waals surface area contributed by atoms with E-state index >= 15 is 0 Å². The van der Waals surface area contributed by atoms with Crippen LogP contribution < -0.4 is 21.7 Å². The van der Waals surface area contributed by atoms with Crippen LogP contribution in [0.25, 0.3) is 0 Å². The lowest BCUT2D eigenvalue weighted by atomic mass is 10.1. The van der Waals surface area contributed by atoms with E-state index in [1.54, 1.807) is 0 Å². The number of unbranched alkanes of at least 4 members (excludes halogenated alkanes) is 3. The Balaban J connectivity index is 4.83. The van der Waals surface area contributed by atoms with Gasteiger partial charge in [-0.2, -0.15) is 11.8 Å². The van der Waals surface area contributed by atoms with Gasteiger partial charge in [-0.25, -0.2) is 4.79 Å². The van der Waals surface area contributed by atoms with Crippen molar-refractivity contribution in [3.8, 4) is 0 Å². The fourth-order valence-electron chi connectivity index (χ4n) is 2.63. The minimum atomic E-state index is -1.30. The molecule has 34 heavy (non-hydrogen) atoms. The zero-order chi connectivity index (χ0) is 26.1. The first-order chi connectivity index (χ1) is 16.0. The van der Waals surface area contributed by atoms with Gasteiger partial charge in [0, 0.05) is 24.3 Å². The lowest BCUT2D eigenvalue weighted by Crippen LogP contribution is -2.50. The molecule has 0 radical (unpaired) electrons. The molecule has 0 unspecified atom stereocenters. The number of carboxylic acid groups (broad SMARTS) is 3. The van der Waals surface area contributed by atoms with E-state index in [0.29, 0.717) is 6.42 Å². The zero-order valence-electron chi connectivity index (χ0n) is 19.1. The maximum Gasteiger partial charge on any atom is 0.326 e. The van der Waals surface area contributed by atoms with Gasteiger partial charge < -0.3 is 37.0 Å². The van der Waals surface area contributed by atoms with Gasteiger partial charge >= 0.3 is 17.9 Å². The molecule has 0 heterocycles. The van der Waals surface area contributed by atoms with Crippen molar-refractivity contribution in [2.45, 2.75) is 70.0 Å². The molecule has 0 aliphatic rings. The first-order valence-corrected chi connectivity index (χ1v) is 12.0. The fraction of sp³-hybridized carbons (Fsp3) is 0.700. The summed E-state index contributed by atoms with van der Waals surface area (Å²) in [5, 5.41) is 33.7. The van der Waals surface area contributed by atoms with Crippen molar-refractivity contribution in [3.63, 3.8) is 0 Å². The second-order valence-electron chi connectivity index (χ2n) is 7.52. The van der Waals surface area contributed by atoms with Gasteiger partial charge in [0.1, 0.15) is 24.7 Å². The molecule has 8 N–H and O–H groups in total. The van der Waals surface area contributed by atoms with Crippen LogP contribution in [0.2, 0.25) is 0 Å². The van der Waals surface area contributed by atoms with E-state index in [2.05, 4.69) is 16.0 Å². The molecule has 0 spiro atoms. The first-order valence-electron chi connectivity index (χ1n) is 10.8. The number of carbonyl (C=O) groups is 6. The van der Waals surface area contributed by atoms with Crippen molar-refractivity contribution in [1.82, 2.24) is 16.0 Å². The average molecular weight is 507 g/mol. The maximum atomic E-state index is 12.3. The average Bonchev–Trinajstić information content (AvgIpc) is 2.76. The molecule has 13 nitrogen and oxygen atoms in total. The zero-order valence-corrected chi connectivity index (χ0v) is 19.9. The van der Waals surface area contributed by atoms with E-state index in [9.17, 15) is 33.9 Å². The third kappa shape index (κ3) is 15.1. The molecule has 0 aromatic heterocycles. The lowest BCUT2D eigenvalue weighted by molar-refractivity contribution is -0.142. The van der Waals surface area contributed by atoms with Crippen LogP contribution in [-0.4, -0.2) is 87.1 Å². The molecule has 0 aliphatic carbocycles.